The van der Waals surface area contributed by atoms with Gasteiger partial charge >= 0.3 is 0 Å². The van der Waals surface area contributed by atoms with Crippen molar-refractivity contribution < 1.29 is 0 Å². The van der Waals surface area contributed by atoms with E-state index in [0.29, 0.717) is 6.04 Å². The van der Waals surface area contributed by atoms with Gasteiger partial charge < -0.3 is 4.90 Å². The van der Waals surface area contributed by atoms with Crippen LogP contribution in [0.5, 0.6) is 0 Å². The Labute approximate surface area is 114 Å². The summed E-state index contributed by atoms with van der Waals surface area (Å²) in [5.41, 5.74) is -0.401. The quantitative estimate of drug-likeness (QED) is 0.686. The van der Waals surface area contributed by atoms with Crippen LogP contribution in [0, 0.1) is 17.2 Å². The van der Waals surface area contributed by atoms with Gasteiger partial charge in [0.1, 0.15) is 5.54 Å². The van der Waals surface area contributed by atoms with Gasteiger partial charge in [0.25, 0.3) is 0 Å². The van der Waals surface area contributed by atoms with Gasteiger partial charge in [0, 0.05) is 6.04 Å². The van der Waals surface area contributed by atoms with Crippen molar-refractivity contribution in [2.75, 3.05) is 20.1 Å². The predicted molar refractivity (Wildman–Crippen MR) is 78.5 cm³/mol. The van der Waals surface area contributed by atoms with Crippen LogP contribution in [0.25, 0.3) is 0 Å². The molecule has 0 aromatic heterocycles. The Morgan fingerprint density at radius 1 is 1.33 bits per heavy atom. The highest BCUT2D eigenvalue weighted by Crippen LogP contribution is 2.16. The van der Waals surface area contributed by atoms with Crippen LogP contribution in [0.3, 0.4) is 0 Å². The number of nitriles is 1. The molecule has 0 aromatic rings. The molecule has 0 saturated heterocycles. The van der Waals surface area contributed by atoms with E-state index >= 15 is 0 Å². The molecule has 0 fully saturated rings. The molecule has 0 bridgehead atoms. The molecule has 0 aromatic carbocycles. The molecule has 0 aliphatic rings. The second-order valence-corrected chi connectivity index (χ2v) is 6.09. The molecule has 3 heteroatoms. The molecule has 2 atom stereocenters. The first kappa shape index (κ1) is 17.4. The van der Waals surface area contributed by atoms with Crippen LogP contribution in [0.2, 0.25) is 0 Å². The lowest BCUT2D eigenvalue weighted by atomic mass is 9.94. The van der Waals surface area contributed by atoms with E-state index in [1.165, 1.54) is 6.42 Å². The van der Waals surface area contributed by atoms with Crippen LogP contribution in [0.1, 0.15) is 53.9 Å². The van der Waals surface area contributed by atoms with E-state index in [9.17, 15) is 5.26 Å². The summed E-state index contributed by atoms with van der Waals surface area (Å²) in [7, 11) is 2.16. The zero-order valence-electron chi connectivity index (χ0n) is 13.1. The summed E-state index contributed by atoms with van der Waals surface area (Å²) in [6.45, 7) is 12.9. The molecule has 18 heavy (non-hydrogen) atoms. The topological polar surface area (TPSA) is 39.1 Å². The van der Waals surface area contributed by atoms with Crippen molar-refractivity contribution in [3.8, 4) is 6.07 Å². The van der Waals surface area contributed by atoms with Gasteiger partial charge in [-0.2, -0.15) is 5.26 Å². The van der Waals surface area contributed by atoms with Crippen molar-refractivity contribution in [3.63, 3.8) is 0 Å². The molecular weight excluding hydrogens is 222 g/mol. The maximum absolute atomic E-state index is 9.33. The van der Waals surface area contributed by atoms with Crippen LogP contribution in [-0.2, 0) is 0 Å². The summed E-state index contributed by atoms with van der Waals surface area (Å²) in [6, 6.07) is 2.85. The lowest BCUT2D eigenvalue weighted by molar-refractivity contribution is 0.204. The minimum Gasteiger partial charge on any atom is -0.304 e. The first-order valence-electron chi connectivity index (χ1n) is 7.21. The fourth-order valence-corrected chi connectivity index (χ4v) is 1.99. The van der Waals surface area contributed by atoms with Gasteiger partial charge in [0.05, 0.1) is 6.07 Å². The number of nitrogens with one attached hydrogen (secondary N) is 1. The van der Waals surface area contributed by atoms with Gasteiger partial charge in [-0.05, 0) is 59.2 Å². The van der Waals surface area contributed by atoms with E-state index in [-0.39, 0.29) is 0 Å². The summed E-state index contributed by atoms with van der Waals surface area (Å²) in [5.74, 6) is 0.736. The molecule has 0 spiro atoms. The fraction of sp³-hybridized carbons (Fsp3) is 0.933. The Hall–Kier alpha value is -0.590. The Kier molecular flexibility index (Phi) is 8.22. The third-order valence-electron chi connectivity index (χ3n) is 3.53. The third-order valence-corrected chi connectivity index (χ3v) is 3.53. The molecule has 0 amide bonds. The zero-order valence-corrected chi connectivity index (χ0v) is 13.1. The average molecular weight is 253 g/mol. The lowest BCUT2D eigenvalue weighted by Gasteiger charge is -2.32. The molecule has 0 rings (SSSR count). The summed E-state index contributed by atoms with van der Waals surface area (Å²) in [5, 5.41) is 12.7. The molecule has 3 nitrogen and oxygen atoms in total. The smallest absolute Gasteiger partial charge is 0.105 e. The standard InChI is InChI=1S/C15H31N3/c1-7-9-17-15(5,12-16)11-14(4)18(6)10-8-13(2)3/h13-14,17H,7-11H2,1-6H3. The Morgan fingerprint density at radius 2 is 1.94 bits per heavy atom. The first-order valence-corrected chi connectivity index (χ1v) is 7.21. The maximum Gasteiger partial charge on any atom is 0.105 e. The molecule has 0 saturated carbocycles. The fourth-order valence-electron chi connectivity index (χ4n) is 1.99. The van der Waals surface area contributed by atoms with E-state index in [0.717, 1.165) is 31.8 Å². The molecular formula is C15H31N3. The van der Waals surface area contributed by atoms with Gasteiger partial charge in [-0.1, -0.05) is 20.8 Å². The van der Waals surface area contributed by atoms with Crippen molar-refractivity contribution in [1.29, 1.82) is 5.26 Å². The second kappa shape index (κ2) is 8.50. The largest absolute Gasteiger partial charge is 0.304 e. The Morgan fingerprint density at radius 3 is 2.39 bits per heavy atom. The summed E-state index contributed by atoms with van der Waals surface area (Å²) in [4.78, 5) is 2.36. The maximum atomic E-state index is 9.33. The summed E-state index contributed by atoms with van der Waals surface area (Å²) >= 11 is 0. The van der Waals surface area contributed by atoms with Gasteiger partial charge in [-0.25, -0.2) is 0 Å². The number of nitrogens with zero attached hydrogens (tertiary/aromatic N) is 2. The monoisotopic (exact) mass is 253 g/mol. The highest BCUT2D eigenvalue weighted by atomic mass is 15.1. The number of hydrogen-bond acceptors (Lipinski definition) is 3. The number of hydrogen-bond donors (Lipinski definition) is 1. The van der Waals surface area contributed by atoms with Crippen LogP contribution in [0.4, 0.5) is 0 Å². The van der Waals surface area contributed by atoms with Crippen LogP contribution < -0.4 is 5.32 Å². The van der Waals surface area contributed by atoms with Gasteiger partial charge in [0.2, 0.25) is 0 Å². The summed E-state index contributed by atoms with van der Waals surface area (Å²) in [6.07, 6.45) is 3.15. The molecule has 0 aliphatic heterocycles. The van der Waals surface area contributed by atoms with Crippen molar-refractivity contribution >= 4 is 0 Å². The van der Waals surface area contributed by atoms with Gasteiger partial charge in [-0.3, -0.25) is 5.32 Å². The minimum atomic E-state index is -0.401. The number of rotatable bonds is 9. The van der Waals surface area contributed by atoms with Crippen molar-refractivity contribution in [3.05, 3.63) is 0 Å². The van der Waals surface area contributed by atoms with Gasteiger partial charge in [-0.15, -0.1) is 0 Å². The van der Waals surface area contributed by atoms with E-state index in [2.05, 4.69) is 51.0 Å². The molecule has 1 N–H and O–H groups in total. The Balaban J connectivity index is 4.25. The average Bonchev–Trinajstić information content (AvgIpc) is 2.33. The van der Waals surface area contributed by atoms with Crippen molar-refractivity contribution in [2.45, 2.75) is 65.5 Å². The van der Waals surface area contributed by atoms with E-state index in [1.54, 1.807) is 0 Å². The Bertz CT molecular complexity index is 257. The predicted octanol–water partition coefficient (Wildman–Crippen LogP) is 3.02. The molecule has 106 valence electrons. The lowest BCUT2D eigenvalue weighted by Crippen LogP contribution is -2.47. The normalized spacial score (nSPS) is 16.6. The van der Waals surface area contributed by atoms with Crippen LogP contribution >= 0.6 is 0 Å². The van der Waals surface area contributed by atoms with E-state index < -0.39 is 5.54 Å². The SMILES string of the molecule is CCCNC(C)(C#N)CC(C)N(C)CCC(C)C. The van der Waals surface area contributed by atoms with Gasteiger partial charge in [0.15, 0.2) is 0 Å². The van der Waals surface area contributed by atoms with Crippen LogP contribution in [-0.4, -0.2) is 36.6 Å². The molecule has 2 unspecified atom stereocenters. The van der Waals surface area contributed by atoms with Crippen LogP contribution in [0.15, 0.2) is 0 Å². The summed E-state index contributed by atoms with van der Waals surface area (Å²) < 4.78 is 0. The second-order valence-electron chi connectivity index (χ2n) is 6.09. The first-order chi connectivity index (χ1) is 8.34. The van der Waals surface area contributed by atoms with Crippen molar-refractivity contribution in [2.24, 2.45) is 5.92 Å². The molecule has 0 aliphatic carbocycles. The molecule has 0 heterocycles. The van der Waals surface area contributed by atoms with E-state index in [4.69, 9.17) is 0 Å². The zero-order chi connectivity index (χ0) is 14.2. The highest BCUT2D eigenvalue weighted by Gasteiger charge is 2.26. The minimum absolute atomic E-state index is 0.401. The van der Waals surface area contributed by atoms with Crippen molar-refractivity contribution in [1.82, 2.24) is 10.2 Å². The highest BCUT2D eigenvalue weighted by molar-refractivity contribution is 5.05. The third kappa shape index (κ3) is 6.98. The van der Waals surface area contributed by atoms with E-state index in [1.807, 2.05) is 6.92 Å². The molecule has 0 radical (unpaired) electrons.